The Hall–Kier alpha value is -1.42. The van der Waals surface area contributed by atoms with E-state index in [2.05, 4.69) is 4.98 Å². The molecule has 1 heterocycles. The molecule has 2 N–H and O–H groups in total. The zero-order valence-electron chi connectivity index (χ0n) is 10.8. The highest BCUT2D eigenvalue weighted by Gasteiger charge is 2.20. The maximum absolute atomic E-state index is 12.0. The number of amides is 1. The highest BCUT2D eigenvalue weighted by Crippen LogP contribution is 2.09. The first-order valence-electron chi connectivity index (χ1n) is 5.89. The molecule has 17 heavy (non-hydrogen) atoms. The third-order valence-electron chi connectivity index (χ3n) is 2.42. The average molecular weight is 235 g/mol. The molecular weight excluding hydrogens is 214 g/mol. The zero-order chi connectivity index (χ0) is 12.9. The topological polar surface area (TPSA) is 59.2 Å². The van der Waals surface area contributed by atoms with Crippen LogP contribution in [0.1, 0.15) is 32.9 Å². The largest absolute Gasteiger partial charge is 0.337 e. The second-order valence-electron chi connectivity index (χ2n) is 4.89. The molecule has 0 spiro atoms. The quantitative estimate of drug-likeness (QED) is 0.842. The van der Waals surface area contributed by atoms with Crippen molar-refractivity contribution in [2.75, 3.05) is 6.54 Å². The van der Waals surface area contributed by atoms with Crippen LogP contribution in [0.5, 0.6) is 0 Å². The van der Waals surface area contributed by atoms with Gasteiger partial charge in [-0.1, -0.05) is 6.07 Å². The summed E-state index contributed by atoms with van der Waals surface area (Å²) in [7, 11) is 0. The van der Waals surface area contributed by atoms with Crippen molar-refractivity contribution in [2.45, 2.75) is 39.3 Å². The van der Waals surface area contributed by atoms with E-state index >= 15 is 0 Å². The van der Waals surface area contributed by atoms with Crippen LogP contribution in [-0.4, -0.2) is 27.9 Å². The molecule has 0 aromatic carbocycles. The van der Waals surface area contributed by atoms with Crippen LogP contribution in [0.4, 0.5) is 0 Å². The smallest absolute Gasteiger partial charge is 0.224 e. The van der Waals surface area contributed by atoms with E-state index in [0.29, 0.717) is 19.5 Å². The van der Waals surface area contributed by atoms with E-state index < -0.39 is 5.54 Å². The molecule has 0 saturated heterocycles. The normalized spacial score (nSPS) is 11.3. The highest BCUT2D eigenvalue weighted by atomic mass is 16.2. The number of rotatable bonds is 5. The number of aromatic nitrogens is 1. The molecule has 0 saturated carbocycles. The van der Waals surface area contributed by atoms with Gasteiger partial charge in [0, 0.05) is 24.7 Å². The van der Waals surface area contributed by atoms with Crippen molar-refractivity contribution in [2.24, 2.45) is 5.73 Å². The Bertz CT molecular complexity index is 357. The van der Waals surface area contributed by atoms with E-state index in [1.807, 2.05) is 39.0 Å². The predicted molar refractivity (Wildman–Crippen MR) is 68.2 cm³/mol. The van der Waals surface area contributed by atoms with E-state index in [0.717, 1.165) is 5.69 Å². The van der Waals surface area contributed by atoms with Crippen LogP contribution in [0.25, 0.3) is 0 Å². The van der Waals surface area contributed by atoms with Crippen LogP contribution in [0.2, 0.25) is 0 Å². The van der Waals surface area contributed by atoms with E-state index in [-0.39, 0.29) is 5.91 Å². The van der Waals surface area contributed by atoms with Gasteiger partial charge in [-0.2, -0.15) is 0 Å². The van der Waals surface area contributed by atoms with Crippen LogP contribution >= 0.6 is 0 Å². The second-order valence-corrected chi connectivity index (χ2v) is 4.89. The second kappa shape index (κ2) is 5.77. The lowest BCUT2D eigenvalue weighted by atomic mass is 10.0. The molecular formula is C13H21N3O. The fourth-order valence-corrected chi connectivity index (χ4v) is 1.57. The van der Waals surface area contributed by atoms with Gasteiger partial charge in [0.25, 0.3) is 0 Å². The summed E-state index contributed by atoms with van der Waals surface area (Å²) in [6.45, 7) is 6.90. The van der Waals surface area contributed by atoms with Crippen molar-refractivity contribution in [3.8, 4) is 0 Å². The van der Waals surface area contributed by atoms with Gasteiger partial charge in [-0.15, -0.1) is 0 Å². The molecule has 1 amide bonds. The van der Waals surface area contributed by atoms with Crippen LogP contribution in [0.3, 0.4) is 0 Å². The lowest BCUT2D eigenvalue weighted by Gasteiger charge is -2.25. The van der Waals surface area contributed by atoms with E-state index in [1.165, 1.54) is 0 Å². The van der Waals surface area contributed by atoms with Gasteiger partial charge in [0.15, 0.2) is 0 Å². The van der Waals surface area contributed by atoms with Gasteiger partial charge in [0.05, 0.1) is 12.2 Å². The molecule has 0 aliphatic heterocycles. The SMILES string of the molecule is CCN(Cc1ccccn1)C(=O)CC(C)(C)N. The standard InChI is InChI=1S/C13H21N3O/c1-4-16(12(17)9-13(2,3)14)10-11-7-5-6-8-15-11/h5-8H,4,9-10,14H2,1-3H3. The molecule has 0 bridgehead atoms. The van der Waals surface area contributed by atoms with Crippen molar-refractivity contribution in [1.29, 1.82) is 0 Å². The van der Waals surface area contributed by atoms with Gasteiger partial charge in [-0.25, -0.2) is 0 Å². The molecule has 4 nitrogen and oxygen atoms in total. The maximum atomic E-state index is 12.0. The first kappa shape index (κ1) is 13.6. The van der Waals surface area contributed by atoms with Crippen LogP contribution in [0.15, 0.2) is 24.4 Å². The monoisotopic (exact) mass is 235 g/mol. The van der Waals surface area contributed by atoms with Crippen LogP contribution < -0.4 is 5.73 Å². The first-order valence-corrected chi connectivity index (χ1v) is 5.89. The molecule has 1 aromatic heterocycles. The number of nitrogens with zero attached hydrogens (tertiary/aromatic N) is 2. The molecule has 0 radical (unpaired) electrons. The van der Waals surface area contributed by atoms with Gasteiger partial charge in [0.2, 0.25) is 5.91 Å². The summed E-state index contributed by atoms with van der Waals surface area (Å²) in [5.41, 5.74) is 6.30. The van der Waals surface area contributed by atoms with E-state index in [1.54, 1.807) is 11.1 Å². The number of carbonyl (C=O) groups is 1. The third kappa shape index (κ3) is 4.95. The minimum absolute atomic E-state index is 0.0747. The molecule has 0 atom stereocenters. The fourth-order valence-electron chi connectivity index (χ4n) is 1.57. The zero-order valence-corrected chi connectivity index (χ0v) is 10.8. The number of hydrogen-bond acceptors (Lipinski definition) is 3. The molecule has 94 valence electrons. The lowest BCUT2D eigenvalue weighted by molar-refractivity contribution is -0.132. The van der Waals surface area contributed by atoms with Gasteiger partial charge in [-0.3, -0.25) is 9.78 Å². The Labute approximate surface area is 103 Å². The van der Waals surface area contributed by atoms with Gasteiger partial charge in [-0.05, 0) is 32.9 Å². The van der Waals surface area contributed by atoms with Crippen molar-refractivity contribution in [3.63, 3.8) is 0 Å². The minimum atomic E-state index is -0.464. The summed E-state index contributed by atoms with van der Waals surface area (Å²) in [5.74, 6) is 0.0747. The van der Waals surface area contributed by atoms with E-state index in [9.17, 15) is 4.79 Å². The van der Waals surface area contributed by atoms with E-state index in [4.69, 9.17) is 5.73 Å². The number of carbonyl (C=O) groups excluding carboxylic acids is 1. The molecule has 1 aromatic rings. The van der Waals surface area contributed by atoms with Crippen LogP contribution in [-0.2, 0) is 11.3 Å². The predicted octanol–water partition coefficient (Wildman–Crippen LogP) is 1.56. The minimum Gasteiger partial charge on any atom is -0.337 e. The molecule has 4 heteroatoms. The van der Waals surface area contributed by atoms with Crippen molar-refractivity contribution in [3.05, 3.63) is 30.1 Å². The Morgan fingerprint density at radius 1 is 1.47 bits per heavy atom. The first-order chi connectivity index (χ1) is 7.92. The van der Waals surface area contributed by atoms with Crippen molar-refractivity contribution < 1.29 is 4.79 Å². The number of nitrogens with two attached hydrogens (primary N) is 1. The van der Waals surface area contributed by atoms with Gasteiger partial charge >= 0.3 is 0 Å². The molecule has 0 aliphatic carbocycles. The molecule has 0 unspecified atom stereocenters. The summed E-state index contributed by atoms with van der Waals surface area (Å²) >= 11 is 0. The Balaban J connectivity index is 2.63. The third-order valence-corrected chi connectivity index (χ3v) is 2.42. The molecule has 0 fully saturated rings. The summed E-state index contributed by atoms with van der Waals surface area (Å²) in [4.78, 5) is 18.0. The molecule has 0 aliphatic rings. The summed E-state index contributed by atoms with van der Waals surface area (Å²) in [5, 5.41) is 0. The highest BCUT2D eigenvalue weighted by molar-refractivity contribution is 5.77. The van der Waals surface area contributed by atoms with Crippen molar-refractivity contribution >= 4 is 5.91 Å². The summed E-state index contributed by atoms with van der Waals surface area (Å²) < 4.78 is 0. The maximum Gasteiger partial charge on any atom is 0.224 e. The Morgan fingerprint density at radius 2 is 2.18 bits per heavy atom. The number of hydrogen-bond donors (Lipinski definition) is 1. The molecule has 1 rings (SSSR count). The Morgan fingerprint density at radius 3 is 2.65 bits per heavy atom. The average Bonchev–Trinajstić information content (AvgIpc) is 2.24. The van der Waals surface area contributed by atoms with Gasteiger partial charge in [0.1, 0.15) is 0 Å². The lowest BCUT2D eigenvalue weighted by Crippen LogP contribution is -2.41. The fraction of sp³-hybridized carbons (Fsp3) is 0.538. The summed E-state index contributed by atoms with van der Waals surface area (Å²) in [6.07, 6.45) is 2.09. The number of pyridine rings is 1. The Kier molecular flexibility index (Phi) is 4.63. The summed E-state index contributed by atoms with van der Waals surface area (Å²) in [6, 6.07) is 5.71. The van der Waals surface area contributed by atoms with Gasteiger partial charge < -0.3 is 10.6 Å². The van der Waals surface area contributed by atoms with Crippen molar-refractivity contribution in [1.82, 2.24) is 9.88 Å². The van der Waals surface area contributed by atoms with Crippen LogP contribution in [0, 0.1) is 0 Å².